The van der Waals surface area contributed by atoms with E-state index in [9.17, 15) is 4.79 Å². The van der Waals surface area contributed by atoms with Gasteiger partial charge in [0.25, 0.3) is 0 Å². The highest BCUT2D eigenvalue weighted by Gasteiger charge is 2.39. The SMILES string of the molecule is Cc1nc(C2(NC(=O)CCc3c(C)nn(CC(C)C)c3C)CCCCC2)no1. The lowest BCUT2D eigenvalue weighted by Gasteiger charge is -2.35. The molecule has 7 heteroatoms. The summed E-state index contributed by atoms with van der Waals surface area (Å²) in [7, 11) is 0. The highest BCUT2D eigenvalue weighted by Crippen LogP contribution is 2.35. The van der Waals surface area contributed by atoms with Crippen molar-refractivity contribution in [2.24, 2.45) is 5.92 Å². The minimum atomic E-state index is -0.487. The molecule has 0 unspecified atom stereocenters. The molecule has 7 nitrogen and oxygen atoms in total. The van der Waals surface area contributed by atoms with Gasteiger partial charge in [-0.2, -0.15) is 10.1 Å². The van der Waals surface area contributed by atoms with Gasteiger partial charge < -0.3 is 9.84 Å². The smallest absolute Gasteiger partial charge is 0.223 e. The monoisotopic (exact) mass is 387 g/mol. The second kappa shape index (κ2) is 8.45. The quantitative estimate of drug-likeness (QED) is 0.782. The van der Waals surface area contributed by atoms with E-state index in [1.165, 1.54) is 17.7 Å². The second-order valence-electron chi connectivity index (χ2n) is 8.55. The van der Waals surface area contributed by atoms with Gasteiger partial charge >= 0.3 is 0 Å². The number of nitrogens with one attached hydrogen (secondary N) is 1. The topological polar surface area (TPSA) is 85.8 Å². The zero-order valence-electron chi connectivity index (χ0n) is 17.8. The molecule has 0 saturated heterocycles. The number of carbonyl (C=O) groups is 1. The van der Waals surface area contributed by atoms with Gasteiger partial charge in [-0.15, -0.1) is 0 Å². The molecule has 2 aromatic heterocycles. The Bertz CT molecular complexity index is 815. The van der Waals surface area contributed by atoms with Gasteiger partial charge in [0, 0.05) is 25.6 Å². The largest absolute Gasteiger partial charge is 0.343 e. The summed E-state index contributed by atoms with van der Waals surface area (Å²) in [5, 5.41) is 12.0. The number of aryl methyl sites for hydroxylation is 2. The number of rotatable bonds is 7. The van der Waals surface area contributed by atoms with Gasteiger partial charge in [0.15, 0.2) is 5.82 Å². The second-order valence-corrected chi connectivity index (χ2v) is 8.55. The first-order valence-corrected chi connectivity index (χ1v) is 10.5. The van der Waals surface area contributed by atoms with Crippen LogP contribution in [0.1, 0.15) is 81.0 Å². The van der Waals surface area contributed by atoms with Crippen molar-refractivity contribution in [1.29, 1.82) is 0 Å². The maximum atomic E-state index is 12.9. The molecule has 0 radical (unpaired) electrons. The average Bonchev–Trinajstić information content (AvgIpc) is 3.18. The average molecular weight is 388 g/mol. The summed E-state index contributed by atoms with van der Waals surface area (Å²) >= 11 is 0. The van der Waals surface area contributed by atoms with Crippen molar-refractivity contribution in [2.75, 3.05) is 0 Å². The number of hydrogen-bond donors (Lipinski definition) is 1. The van der Waals surface area contributed by atoms with Gasteiger partial charge in [-0.25, -0.2) is 0 Å². The molecule has 0 bridgehead atoms. The summed E-state index contributed by atoms with van der Waals surface area (Å²) in [5.74, 6) is 1.74. The van der Waals surface area contributed by atoms with Crippen LogP contribution in [0.4, 0.5) is 0 Å². The maximum absolute atomic E-state index is 12.9. The van der Waals surface area contributed by atoms with E-state index in [1.54, 1.807) is 6.92 Å². The first-order chi connectivity index (χ1) is 13.3. The van der Waals surface area contributed by atoms with Crippen molar-refractivity contribution in [1.82, 2.24) is 25.2 Å². The van der Waals surface area contributed by atoms with E-state index >= 15 is 0 Å². The summed E-state index contributed by atoms with van der Waals surface area (Å²) in [6.07, 6.45) is 6.17. The van der Waals surface area contributed by atoms with Gasteiger partial charge in [-0.1, -0.05) is 38.3 Å². The van der Waals surface area contributed by atoms with E-state index in [-0.39, 0.29) is 5.91 Å². The zero-order valence-corrected chi connectivity index (χ0v) is 17.8. The minimum absolute atomic E-state index is 0.0414. The molecule has 154 valence electrons. The number of carbonyl (C=O) groups excluding carboxylic acids is 1. The van der Waals surface area contributed by atoms with Crippen LogP contribution in [-0.2, 0) is 23.3 Å². The first kappa shape index (κ1) is 20.6. The number of nitrogens with zero attached hydrogens (tertiary/aromatic N) is 4. The summed E-state index contributed by atoms with van der Waals surface area (Å²) in [5.41, 5.74) is 2.88. The normalized spacial score (nSPS) is 16.5. The molecule has 2 aromatic rings. The van der Waals surface area contributed by atoms with Crippen LogP contribution < -0.4 is 5.32 Å². The summed E-state index contributed by atoms with van der Waals surface area (Å²) < 4.78 is 7.26. The third-order valence-electron chi connectivity index (χ3n) is 5.71. The fraction of sp³-hybridized carbons (Fsp3) is 0.714. The van der Waals surface area contributed by atoms with Gasteiger partial charge in [0.2, 0.25) is 11.8 Å². The van der Waals surface area contributed by atoms with E-state index in [1.807, 2.05) is 6.92 Å². The molecule has 1 saturated carbocycles. The van der Waals surface area contributed by atoms with Crippen molar-refractivity contribution in [3.8, 4) is 0 Å². The van der Waals surface area contributed by atoms with Crippen LogP contribution in [0.15, 0.2) is 4.52 Å². The van der Waals surface area contributed by atoms with Crippen molar-refractivity contribution >= 4 is 5.91 Å². The van der Waals surface area contributed by atoms with Crippen LogP contribution in [0, 0.1) is 26.7 Å². The van der Waals surface area contributed by atoms with Crippen LogP contribution in [0.25, 0.3) is 0 Å². The molecule has 3 rings (SSSR count). The van der Waals surface area contributed by atoms with Crippen LogP contribution in [0.3, 0.4) is 0 Å². The Morgan fingerprint density at radius 1 is 1.21 bits per heavy atom. The van der Waals surface area contributed by atoms with Crippen LogP contribution in [-0.4, -0.2) is 25.8 Å². The summed E-state index contributed by atoms with van der Waals surface area (Å²) in [6.45, 7) is 11.2. The molecule has 0 atom stereocenters. The summed E-state index contributed by atoms with van der Waals surface area (Å²) in [4.78, 5) is 17.3. The van der Waals surface area contributed by atoms with E-state index in [4.69, 9.17) is 4.52 Å². The molecule has 0 aliphatic heterocycles. The Hall–Kier alpha value is -2.18. The van der Waals surface area contributed by atoms with E-state index in [0.29, 0.717) is 30.5 Å². The Kier molecular flexibility index (Phi) is 6.20. The highest BCUT2D eigenvalue weighted by atomic mass is 16.5. The highest BCUT2D eigenvalue weighted by molar-refractivity contribution is 5.77. The molecular weight excluding hydrogens is 354 g/mol. The Morgan fingerprint density at radius 3 is 2.54 bits per heavy atom. The third-order valence-corrected chi connectivity index (χ3v) is 5.71. The molecule has 28 heavy (non-hydrogen) atoms. The van der Waals surface area contributed by atoms with Crippen LogP contribution >= 0.6 is 0 Å². The first-order valence-electron chi connectivity index (χ1n) is 10.5. The standard InChI is InChI=1S/C21H33N5O2/c1-14(2)13-26-16(4)18(15(3)24-26)9-10-19(27)23-21(11-7-6-8-12-21)20-22-17(5)28-25-20/h14H,6-13H2,1-5H3,(H,23,27). The van der Waals surface area contributed by atoms with Crippen molar-refractivity contribution in [3.63, 3.8) is 0 Å². The van der Waals surface area contributed by atoms with Crippen LogP contribution in [0.2, 0.25) is 0 Å². The lowest BCUT2D eigenvalue weighted by atomic mass is 9.80. The lowest BCUT2D eigenvalue weighted by molar-refractivity contribution is -0.123. The third kappa shape index (κ3) is 4.45. The molecular formula is C21H33N5O2. The maximum Gasteiger partial charge on any atom is 0.223 e. The summed E-state index contributed by atoms with van der Waals surface area (Å²) in [6, 6.07) is 0. The molecule has 0 spiro atoms. The Balaban J connectivity index is 1.68. The predicted octanol–water partition coefficient (Wildman–Crippen LogP) is 3.76. The molecule has 1 aliphatic rings. The number of aromatic nitrogens is 4. The Labute approximate surface area is 167 Å². The van der Waals surface area contributed by atoms with Crippen molar-refractivity contribution < 1.29 is 9.32 Å². The minimum Gasteiger partial charge on any atom is -0.343 e. The fourth-order valence-electron chi connectivity index (χ4n) is 4.24. The van der Waals surface area contributed by atoms with E-state index in [2.05, 4.69) is 46.0 Å². The van der Waals surface area contributed by atoms with Crippen molar-refractivity contribution in [3.05, 3.63) is 28.7 Å². The molecule has 1 amide bonds. The van der Waals surface area contributed by atoms with Gasteiger partial charge in [-0.3, -0.25) is 9.48 Å². The molecule has 1 N–H and O–H groups in total. The van der Waals surface area contributed by atoms with Gasteiger partial charge in [0.1, 0.15) is 5.54 Å². The van der Waals surface area contributed by atoms with E-state index in [0.717, 1.165) is 37.9 Å². The predicted molar refractivity (Wildman–Crippen MR) is 107 cm³/mol. The number of hydrogen-bond acceptors (Lipinski definition) is 5. The van der Waals surface area contributed by atoms with Crippen molar-refractivity contribution in [2.45, 2.75) is 91.6 Å². The van der Waals surface area contributed by atoms with Gasteiger partial charge in [-0.05, 0) is 44.6 Å². The molecule has 2 heterocycles. The molecule has 1 fully saturated rings. The zero-order chi connectivity index (χ0) is 20.3. The fourth-order valence-corrected chi connectivity index (χ4v) is 4.24. The molecule has 1 aliphatic carbocycles. The van der Waals surface area contributed by atoms with Gasteiger partial charge in [0.05, 0.1) is 5.69 Å². The lowest BCUT2D eigenvalue weighted by Crippen LogP contribution is -2.48. The Morgan fingerprint density at radius 2 is 1.93 bits per heavy atom. The van der Waals surface area contributed by atoms with Crippen LogP contribution in [0.5, 0.6) is 0 Å². The number of amides is 1. The van der Waals surface area contributed by atoms with E-state index < -0.39 is 5.54 Å². The molecule has 0 aromatic carbocycles.